The first-order chi connectivity index (χ1) is 5.33. The van der Waals surface area contributed by atoms with Crippen LogP contribution < -0.4 is 5.73 Å². The molecule has 0 aliphatic heterocycles. The molecule has 3 nitrogen and oxygen atoms in total. The summed E-state index contributed by atoms with van der Waals surface area (Å²) in [6.07, 6.45) is 4.65. The van der Waals surface area contributed by atoms with Gasteiger partial charge in [-0.2, -0.15) is 0 Å². The zero-order chi connectivity index (χ0) is 8.10. The predicted molar refractivity (Wildman–Crippen MR) is 43.3 cm³/mol. The van der Waals surface area contributed by atoms with Crippen molar-refractivity contribution >= 4 is 0 Å². The Morgan fingerprint density at radius 2 is 2.27 bits per heavy atom. The maximum absolute atomic E-state index is 8.51. The zero-order valence-corrected chi connectivity index (χ0v) is 6.83. The fourth-order valence-electron chi connectivity index (χ4n) is 1.55. The van der Waals surface area contributed by atoms with Gasteiger partial charge in [-0.05, 0) is 25.7 Å². The van der Waals surface area contributed by atoms with E-state index in [-0.39, 0.29) is 6.61 Å². The van der Waals surface area contributed by atoms with Crippen molar-refractivity contribution in [1.29, 1.82) is 0 Å². The van der Waals surface area contributed by atoms with Crippen LogP contribution in [0, 0.1) is 0 Å². The summed E-state index contributed by atoms with van der Waals surface area (Å²) in [5.74, 6) is 0. The summed E-state index contributed by atoms with van der Waals surface area (Å²) in [5, 5.41) is 8.51. The second-order valence-corrected chi connectivity index (χ2v) is 3.14. The Hall–Kier alpha value is -0.120. The maximum atomic E-state index is 8.51. The van der Waals surface area contributed by atoms with E-state index in [2.05, 4.69) is 0 Å². The third-order valence-electron chi connectivity index (χ3n) is 2.11. The van der Waals surface area contributed by atoms with Gasteiger partial charge in [0.25, 0.3) is 0 Å². The highest BCUT2D eigenvalue weighted by Gasteiger charge is 2.18. The van der Waals surface area contributed by atoms with E-state index in [1.165, 1.54) is 0 Å². The van der Waals surface area contributed by atoms with Gasteiger partial charge in [0.05, 0.1) is 19.3 Å². The average molecular weight is 159 g/mol. The molecular weight excluding hydrogens is 142 g/mol. The van der Waals surface area contributed by atoms with E-state index >= 15 is 0 Å². The van der Waals surface area contributed by atoms with E-state index in [1.54, 1.807) is 0 Å². The lowest BCUT2D eigenvalue weighted by Gasteiger charge is -2.26. The SMILES string of the molecule is NC1CCCC(OCCO)C1. The van der Waals surface area contributed by atoms with Crippen LogP contribution in [-0.2, 0) is 4.74 Å². The van der Waals surface area contributed by atoms with Crippen molar-refractivity contribution in [3.63, 3.8) is 0 Å². The molecule has 0 aromatic heterocycles. The third-order valence-corrected chi connectivity index (χ3v) is 2.11. The molecule has 0 aromatic carbocycles. The monoisotopic (exact) mass is 159 g/mol. The molecule has 1 aliphatic rings. The first-order valence-corrected chi connectivity index (χ1v) is 4.31. The van der Waals surface area contributed by atoms with Crippen LogP contribution in [0.5, 0.6) is 0 Å². The van der Waals surface area contributed by atoms with Gasteiger partial charge in [0, 0.05) is 6.04 Å². The van der Waals surface area contributed by atoms with Gasteiger partial charge in [0.15, 0.2) is 0 Å². The second-order valence-electron chi connectivity index (χ2n) is 3.14. The van der Waals surface area contributed by atoms with Crippen LogP contribution in [0.1, 0.15) is 25.7 Å². The molecular formula is C8H17NO2. The van der Waals surface area contributed by atoms with Gasteiger partial charge < -0.3 is 15.6 Å². The lowest BCUT2D eigenvalue weighted by molar-refractivity contribution is 0.00487. The zero-order valence-electron chi connectivity index (χ0n) is 6.83. The summed E-state index contributed by atoms with van der Waals surface area (Å²) >= 11 is 0. The molecule has 0 heterocycles. The number of hydrogen-bond donors (Lipinski definition) is 2. The highest BCUT2D eigenvalue weighted by Crippen LogP contribution is 2.19. The predicted octanol–water partition coefficient (Wildman–Crippen LogP) is 0.265. The van der Waals surface area contributed by atoms with E-state index in [9.17, 15) is 0 Å². The highest BCUT2D eigenvalue weighted by molar-refractivity contribution is 4.75. The van der Waals surface area contributed by atoms with Crippen LogP contribution >= 0.6 is 0 Å². The minimum Gasteiger partial charge on any atom is -0.394 e. The van der Waals surface area contributed by atoms with Crippen molar-refractivity contribution < 1.29 is 9.84 Å². The molecule has 1 rings (SSSR count). The lowest BCUT2D eigenvalue weighted by Crippen LogP contribution is -2.32. The summed E-state index contributed by atoms with van der Waals surface area (Å²) in [4.78, 5) is 0. The molecule has 1 saturated carbocycles. The Bertz CT molecular complexity index is 108. The summed E-state index contributed by atoms with van der Waals surface area (Å²) in [5.41, 5.74) is 5.75. The summed E-state index contributed by atoms with van der Waals surface area (Å²) in [7, 11) is 0. The van der Waals surface area contributed by atoms with Crippen molar-refractivity contribution in [2.45, 2.75) is 37.8 Å². The quantitative estimate of drug-likeness (QED) is 0.621. The van der Waals surface area contributed by atoms with Gasteiger partial charge in [-0.15, -0.1) is 0 Å². The fourth-order valence-corrected chi connectivity index (χ4v) is 1.55. The van der Waals surface area contributed by atoms with E-state index in [4.69, 9.17) is 15.6 Å². The van der Waals surface area contributed by atoms with Crippen molar-refractivity contribution in [2.75, 3.05) is 13.2 Å². The summed E-state index contributed by atoms with van der Waals surface area (Å²) in [6, 6.07) is 0.312. The molecule has 3 N–H and O–H groups in total. The average Bonchev–Trinajstić information content (AvgIpc) is 2.01. The fraction of sp³-hybridized carbons (Fsp3) is 1.00. The largest absolute Gasteiger partial charge is 0.394 e. The van der Waals surface area contributed by atoms with E-state index in [0.717, 1.165) is 25.7 Å². The van der Waals surface area contributed by atoms with Crippen LogP contribution in [0.3, 0.4) is 0 Å². The smallest absolute Gasteiger partial charge is 0.0701 e. The van der Waals surface area contributed by atoms with Crippen molar-refractivity contribution in [3.8, 4) is 0 Å². The Morgan fingerprint density at radius 3 is 2.91 bits per heavy atom. The molecule has 2 atom stereocenters. The molecule has 0 bridgehead atoms. The number of aliphatic hydroxyl groups is 1. The molecule has 1 aliphatic carbocycles. The first-order valence-electron chi connectivity index (χ1n) is 4.31. The van der Waals surface area contributed by atoms with E-state index in [0.29, 0.717) is 18.8 Å². The second kappa shape index (κ2) is 4.70. The van der Waals surface area contributed by atoms with E-state index < -0.39 is 0 Å². The number of rotatable bonds is 3. The first kappa shape index (κ1) is 8.97. The van der Waals surface area contributed by atoms with Crippen molar-refractivity contribution in [3.05, 3.63) is 0 Å². The molecule has 0 radical (unpaired) electrons. The summed E-state index contributed by atoms with van der Waals surface area (Å²) in [6.45, 7) is 0.573. The minimum atomic E-state index is 0.117. The standard InChI is InChI=1S/C8H17NO2/c9-7-2-1-3-8(6-7)11-5-4-10/h7-8,10H,1-6,9H2. The molecule has 0 amide bonds. The number of aliphatic hydroxyl groups excluding tert-OH is 1. The van der Waals surface area contributed by atoms with Crippen molar-refractivity contribution in [1.82, 2.24) is 0 Å². The number of ether oxygens (including phenoxy) is 1. The molecule has 0 aromatic rings. The Balaban J connectivity index is 2.12. The number of hydrogen-bond acceptors (Lipinski definition) is 3. The van der Waals surface area contributed by atoms with Crippen molar-refractivity contribution in [2.24, 2.45) is 5.73 Å². The Kier molecular flexibility index (Phi) is 3.83. The molecule has 1 fully saturated rings. The van der Waals surface area contributed by atoms with Crippen LogP contribution in [0.2, 0.25) is 0 Å². The minimum absolute atomic E-state index is 0.117. The van der Waals surface area contributed by atoms with Gasteiger partial charge in [0.1, 0.15) is 0 Å². The summed E-state index contributed by atoms with van der Waals surface area (Å²) < 4.78 is 5.37. The molecule has 0 saturated heterocycles. The third kappa shape index (κ3) is 3.18. The topological polar surface area (TPSA) is 55.5 Å². The highest BCUT2D eigenvalue weighted by atomic mass is 16.5. The van der Waals surface area contributed by atoms with E-state index in [1.807, 2.05) is 0 Å². The van der Waals surface area contributed by atoms with Gasteiger partial charge in [0.2, 0.25) is 0 Å². The molecule has 2 unspecified atom stereocenters. The van der Waals surface area contributed by atoms with Crippen LogP contribution in [0.15, 0.2) is 0 Å². The van der Waals surface area contributed by atoms with Gasteiger partial charge in [-0.1, -0.05) is 0 Å². The van der Waals surface area contributed by atoms with Gasteiger partial charge in [-0.25, -0.2) is 0 Å². The molecule has 66 valence electrons. The Morgan fingerprint density at radius 1 is 1.45 bits per heavy atom. The van der Waals surface area contributed by atoms with Gasteiger partial charge >= 0.3 is 0 Å². The molecule has 11 heavy (non-hydrogen) atoms. The van der Waals surface area contributed by atoms with Gasteiger partial charge in [-0.3, -0.25) is 0 Å². The number of nitrogens with two attached hydrogens (primary N) is 1. The lowest BCUT2D eigenvalue weighted by atomic mass is 9.94. The van der Waals surface area contributed by atoms with Crippen LogP contribution in [0.4, 0.5) is 0 Å². The maximum Gasteiger partial charge on any atom is 0.0701 e. The molecule has 0 spiro atoms. The normalized spacial score (nSPS) is 32.2. The Labute approximate surface area is 67.5 Å². The molecule has 3 heteroatoms. The van der Waals surface area contributed by atoms with Crippen LogP contribution in [0.25, 0.3) is 0 Å². The van der Waals surface area contributed by atoms with Crippen LogP contribution in [-0.4, -0.2) is 30.5 Å².